The van der Waals surface area contributed by atoms with Gasteiger partial charge in [0.2, 0.25) is 0 Å². The number of anilines is 1. The average molecular weight is 425 g/mol. The van der Waals surface area contributed by atoms with Gasteiger partial charge in [-0.05, 0) is 41.5 Å². The van der Waals surface area contributed by atoms with Crippen molar-refractivity contribution in [3.63, 3.8) is 0 Å². The second-order valence-electron chi connectivity index (χ2n) is 7.10. The summed E-state index contributed by atoms with van der Waals surface area (Å²) in [6.45, 7) is 1.37. The number of hydrogen-bond donors (Lipinski definition) is 1. The smallest absolute Gasteiger partial charge is 0.190 e. The Morgan fingerprint density at radius 3 is 2.94 bits per heavy atom. The van der Waals surface area contributed by atoms with Crippen LogP contribution < -0.4 is 5.73 Å². The average Bonchev–Trinajstić information content (AvgIpc) is 3.53. The molecule has 0 aliphatic carbocycles. The van der Waals surface area contributed by atoms with Crippen LogP contribution >= 0.6 is 0 Å². The Hall–Kier alpha value is -3.80. The van der Waals surface area contributed by atoms with Crippen molar-refractivity contribution in [3.05, 3.63) is 48.3 Å². The number of rotatable bonds is 5. The maximum Gasteiger partial charge on any atom is 0.190 e. The minimum absolute atomic E-state index is 0.114. The molecular weight excluding hydrogens is 408 g/mol. The summed E-state index contributed by atoms with van der Waals surface area (Å²) >= 11 is 0. The van der Waals surface area contributed by atoms with Crippen LogP contribution in [0.1, 0.15) is 12.8 Å². The van der Waals surface area contributed by atoms with Crippen LogP contribution in [0.15, 0.2) is 36.7 Å². The summed E-state index contributed by atoms with van der Waals surface area (Å²) in [5, 5.41) is 19.7. The standard InChI is InChI=1S/C19H17F2N9O/c20-14-4-1-5-16(17(14)21)30-19(25-26-28-30)13-7-11(8-23-18(13)22)15-10-29(27-24-15)9-12-3-2-6-31-12/h1,4-5,7-8,10,12H,2-3,6,9H2,(H2,22,23). The van der Waals surface area contributed by atoms with E-state index < -0.39 is 11.6 Å². The van der Waals surface area contributed by atoms with Crippen molar-refractivity contribution in [3.8, 4) is 28.3 Å². The minimum atomic E-state index is -1.07. The van der Waals surface area contributed by atoms with Crippen LogP contribution in [0.4, 0.5) is 14.6 Å². The number of halogens is 2. The summed E-state index contributed by atoms with van der Waals surface area (Å²) in [5.74, 6) is -1.84. The fourth-order valence-electron chi connectivity index (χ4n) is 3.48. The lowest BCUT2D eigenvalue weighted by atomic mass is 10.1. The minimum Gasteiger partial charge on any atom is -0.383 e. The molecule has 3 aromatic heterocycles. The molecule has 0 spiro atoms. The Kier molecular flexibility index (Phi) is 4.82. The van der Waals surface area contributed by atoms with Crippen LogP contribution in [0.3, 0.4) is 0 Å². The molecule has 1 aliphatic heterocycles. The van der Waals surface area contributed by atoms with Crippen LogP contribution in [0.5, 0.6) is 0 Å². The van der Waals surface area contributed by atoms with E-state index in [1.165, 1.54) is 12.1 Å². The number of nitrogens with two attached hydrogens (primary N) is 1. The number of ether oxygens (including phenoxy) is 1. The van der Waals surface area contributed by atoms with E-state index in [0.29, 0.717) is 23.4 Å². The predicted molar refractivity (Wildman–Crippen MR) is 105 cm³/mol. The molecule has 12 heteroatoms. The molecule has 1 atom stereocenters. The molecule has 0 saturated carbocycles. The number of tetrazole rings is 1. The number of aromatic nitrogens is 8. The molecule has 0 radical (unpaired) electrons. The topological polar surface area (TPSA) is 122 Å². The predicted octanol–water partition coefficient (Wildman–Crippen LogP) is 2.02. The molecule has 0 bridgehead atoms. The Morgan fingerprint density at radius 1 is 1.19 bits per heavy atom. The zero-order chi connectivity index (χ0) is 21.4. The Bertz CT molecular complexity index is 1230. The van der Waals surface area contributed by atoms with Gasteiger partial charge in [-0.25, -0.2) is 18.4 Å². The van der Waals surface area contributed by atoms with Crippen molar-refractivity contribution < 1.29 is 13.5 Å². The second-order valence-corrected chi connectivity index (χ2v) is 7.10. The number of pyridine rings is 1. The van der Waals surface area contributed by atoms with E-state index in [4.69, 9.17) is 10.5 Å². The van der Waals surface area contributed by atoms with E-state index in [1.807, 2.05) is 0 Å². The fourth-order valence-corrected chi connectivity index (χ4v) is 3.48. The Labute approximate surface area is 174 Å². The number of benzene rings is 1. The summed E-state index contributed by atoms with van der Waals surface area (Å²) in [5.41, 5.74) is 7.44. The van der Waals surface area contributed by atoms with Gasteiger partial charge in [0.1, 0.15) is 17.2 Å². The van der Waals surface area contributed by atoms with Crippen molar-refractivity contribution >= 4 is 5.82 Å². The van der Waals surface area contributed by atoms with E-state index in [1.54, 1.807) is 23.1 Å². The van der Waals surface area contributed by atoms with Crippen molar-refractivity contribution in [2.24, 2.45) is 0 Å². The molecule has 1 unspecified atom stereocenters. The van der Waals surface area contributed by atoms with Gasteiger partial charge in [0.15, 0.2) is 17.5 Å². The third-order valence-corrected chi connectivity index (χ3v) is 5.04. The normalized spacial score (nSPS) is 16.1. The fraction of sp³-hybridized carbons (Fsp3) is 0.263. The first-order chi connectivity index (χ1) is 15.1. The number of hydrogen-bond acceptors (Lipinski definition) is 8. The lowest BCUT2D eigenvalue weighted by Crippen LogP contribution is -2.15. The van der Waals surface area contributed by atoms with Gasteiger partial charge in [0, 0.05) is 18.4 Å². The molecule has 5 rings (SSSR count). The highest BCUT2D eigenvalue weighted by molar-refractivity contribution is 5.75. The van der Waals surface area contributed by atoms with Gasteiger partial charge in [-0.3, -0.25) is 0 Å². The molecule has 1 aliphatic rings. The summed E-state index contributed by atoms with van der Waals surface area (Å²) < 4.78 is 36.4. The first kappa shape index (κ1) is 19.2. The first-order valence-electron chi connectivity index (χ1n) is 9.61. The van der Waals surface area contributed by atoms with Crippen LogP contribution in [0.2, 0.25) is 0 Å². The zero-order valence-corrected chi connectivity index (χ0v) is 16.2. The molecule has 10 nitrogen and oxygen atoms in total. The van der Waals surface area contributed by atoms with Crippen molar-refractivity contribution in [1.82, 2.24) is 40.2 Å². The van der Waals surface area contributed by atoms with Crippen LogP contribution in [-0.4, -0.2) is 52.9 Å². The van der Waals surface area contributed by atoms with Crippen LogP contribution in [-0.2, 0) is 11.3 Å². The van der Waals surface area contributed by atoms with E-state index in [2.05, 4.69) is 30.8 Å². The zero-order valence-electron chi connectivity index (χ0n) is 16.2. The van der Waals surface area contributed by atoms with Gasteiger partial charge < -0.3 is 10.5 Å². The van der Waals surface area contributed by atoms with E-state index in [9.17, 15) is 8.78 Å². The highest BCUT2D eigenvalue weighted by atomic mass is 19.2. The molecule has 1 fully saturated rings. The van der Waals surface area contributed by atoms with Gasteiger partial charge in [0.25, 0.3) is 0 Å². The van der Waals surface area contributed by atoms with E-state index in [0.717, 1.165) is 30.2 Å². The lowest BCUT2D eigenvalue weighted by Gasteiger charge is -2.09. The maximum atomic E-state index is 14.3. The highest BCUT2D eigenvalue weighted by Crippen LogP contribution is 2.29. The Balaban J connectivity index is 1.50. The SMILES string of the molecule is Nc1ncc(-c2cn(CC3CCCO3)nn2)cc1-c1nnnn1-c1cccc(F)c1F. The molecule has 31 heavy (non-hydrogen) atoms. The number of nitrogen functional groups attached to an aromatic ring is 1. The summed E-state index contributed by atoms with van der Waals surface area (Å²) in [4.78, 5) is 4.20. The molecular formula is C19H17F2N9O. The monoisotopic (exact) mass is 425 g/mol. The van der Waals surface area contributed by atoms with Gasteiger partial charge in [-0.15, -0.1) is 10.2 Å². The van der Waals surface area contributed by atoms with Gasteiger partial charge in [-0.2, -0.15) is 4.68 Å². The molecule has 2 N–H and O–H groups in total. The highest BCUT2D eigenvalue weighted by Gasteiger charge is 2.21. The van der Waals surface area contributed by atoms with Gasteiger partial charge in [-0.1, -0.05) is 11.3 Å². The van der Waals surface area contributed by atoms with Crippen LogP contribution in [0.25, 0.3) is 28.3 Å². The first-order valence-corrected chi connectivity index (χ1v) is 9.61. The van der Waals surface area contributed by atoms with Crippen molar-refractivity contribution in [1.29, 1.82) is 0 Å². The Morgan fingerprint density at radius 2 is 2.10 bits per heavy atom. The molecule has 1 saturated heterocycles. The van der Waals surface area contributed by atoms with Crippen LogP contribution in [0, 0.1) is 11.6 Å². The van der Waals surface area contributed by atoms with E-state index in [-0.39, 0.29) is 23.4 Å². The van der Waals surface area contributed by atoms with Gasteiger partial charge >= 0.3 is 0 Å². The summed E-state index contributed by atoms with van der Waals surface area (Å²) in [6.07, 6.45) is 5.49. The number of nitrogens with zero attached hydrogens (tertiary/aromatic N) is 8. The van der Waals surface area contributed by atoms with Gasteiger partial charge in [0.05, 0.1) is 24.4 Å². The molecule has 1 aromatic carbocycles. The summed E-state index contributed by atoms with van der Waals surface area (Å²) in [7, 11) is 0. The molecule has 4 aromatic rings. The van der Waals surface area contributed by atoms with Crippen molar-refractivity contribution in [2.45, 2.75) is 25.5 Å². The largest absolute Gasteiger partial charge is 0.383 e. The molecule has 0 amide bonds. The maximum absolute atomic E-state index is 14.3. The van der Waals surface area contributed by atoms with Crippen molar-refractivity contribution in [2.75, 3.05) is 12.3 Å². The second kappa shape index (κ2) is 7.80. The molecule has 158 valence electrons. The quantitative estimate of drug-likeness (QED) is 0.515. The summed E-state index contributed by atoms with van der Waals surface area (Å²) in [6, 6.07) is 5.42. The third kappa shape index (κ3) is 3.61. The lowest BCUT2D eigenvalue weighted by molar-refractivity contribution is 0.0935. The van der Waals surface area contributed by atoms with E-state index >= 15 is 0 Å². The third-order valence-electron chi connectivity index (χ3n) is 5.04. The molecule has 4 heterocycles.